The highest BCUT2D eigenvalue weighted by Gasteiger charge is 2.47. The van der Waals surface area contributed by atoms with E-state index in [1.165, 1.54) is 24.8 Å². The molecule has 0 radical (unpaired) electrons. The highest BCUT2D eigenvalue weighted by molar-refractivity contribution is 5.96. The van der Waals surface area contributed by atoms with Crippen molar-refractivity contribution >= 4 is 11.6 Å². The van der Waals surface area contributed by atoms with Gasteiger partial charge in [-0.1, -0.05) is 24.6 Å². The van der Waals surface area contributed by atoms with E-state index in [4.69, 9.17) is 5.11 Å². The van der Waals surface area contributed by atoms with E-state index in [9.17, 15) is 4.79 Å². The van der Waals surface area contributed by atoms with Gasteiger partial charge in [0.15, 0.2) is 0 Å². The largest absolute Gasteiger partial charge is 0.396 e. The fourth-order valence-corrected chi connectivity index (χ4v) is 3.11. The average molecular weight is 231 g/mol. The molecule has 0 atom stereocenters. The molecule has 1 saturated carbocycles. The predicted octanol–water partition coefficient (Wildman–Crippen LogP) is 1.84. The van der Waals surface area contributed by atoms with Gasteiger partial charge in [-0.3, -0.25) is 4.79 Å². The van der Waals surface area contributed by atoms with Crippen LogP contribution >= 0.6 is 0 Å². The normalized spacial score (nSPS) is 20.2. The molecule has 1 spiro atoms. The highest BCUT2D eigenvalue weighted by atomic mass is 16.3. The highest BCUT2D eigenvalue weighted by Crippen LogP contribution is 2.52. The van der Waals surface area contributed by atoms with Crippen LogP contribution in [-0.2, 0) is 10.2 Å². The molecule has 3 heteroatoms. The molecule has 3 rings (SSSR count). The van der Waals surface area contributed by atoms with E-state index < -0.39 is 0 Å². The van der Waals surface area contributed by atoms with Gasteiger partial charge in [-0.05, 0) is 24.5 Å². The summed E-state index contributed by atoms with van der Waals surface area (Å²) in [5.41, 5.74) is 2.62. The number of hydrogen-bond donors (Lipinski definition) is 1. The van der Waals surface area contributed by atoms with Crippen molar-refractivity contribution in [2.24, 2.45) is 0 Å². The Bertz CT molecular complexity index is 451. The van der Waals surface area contributed by atoms with Crippen LogP contribution in [0.3, 0.4) is 0 Å². The Balaban J connectivity index is 1.97. The summed E-state index contributed by atoms with van der Waals surface area (Å²) in [4.78, 5) is 13.9. The Hall–Kier alpha value is -1.35. The minimum absolute atomic E-state index is 0.0451. The minimum Gasteiger partial charge on any atom is -0.396 e. The summed E-state index contributed by atoms with van der Waals surface area (Å²) in [6.45, 7) is 0.746. The average Bonchev–Trinajstić information content (AvgIpc) is 2.64. The molecule has 1 aromatic rings. The first-order chi connectivity index (χ1) is 8.27. The molecule has 1 N–H and O–H groups in total. The first kappa shape index (κ1) is 10.8. The summed E-state index contributed by atoms with van der Waals surface area (Å²) in [6, 6.07) is 8.22. The third-order valence-corrected chi connectivity index (χ3v) is 4.16. The van der Waals surface area contributed by atoms with Crippen LogP contribution in [0.4, 0.5) is 5.69 Å². The Morgan fingerprint density at radius 2 is 2.12 bits per heavy atom. The molecule has 0 aromatic heterocycles. The van der Waals surface area contributed by atoms with Gasteiger partial charge < -0.3 is 10.0 Å². The lowest BCUT2D eigenvalue weighted by atomic mass is 9.66. The molecule has 90 valence electrons. The number of amides is 1. The fourth-order valence-electron chi connectivity index (χ4n) is 3.11. The van der Waals surface area contributed by atoms with Crippen LogP contribution in [0.1, 0.15) is 31.2 Å². The number of benzene rings is 1. The van der Waals surface area contributed by atoms with Gasteiger partial charge in [0.25, 0.3) is 0 Å². The van der Waals surface area contributed by atoms with Gasteiger partial charge in [-0.2, -0.15) is 0 Å². The SMILES string of the molecule is O=C(CCO)N1CC2(CCC2)c2ccccc21. The Kier molecular flexibility index (Phi) is 2.44. The molecule has 1 aliphatic carbocycles. The van der Waals surface area contributed by atoms with Crippen LogP contribution < -0.4 is 4.90 Å². The van der Waals surface area contributed by atoms with Crippen LogP contribution in [0.15, 0.2) is 24.3 Å². The zero-order valence-electron chi connectivity index (χ0n) is 9.85. The number of aliphatic hydroxyl groups excluding tert-OH is 1. The lowest BCUT2D eigenvalue weighted by molar-refractivity contribution is -0.119. The van der Waals surface area contributed by atoms with E-state index in [1.807, 2.05) is 17.0 Å². The molecule has 0 unspecified atom stereocenters. The molecule has 0 bridgehead atoms. The summed E-state index contributed by atoms with van der Waals surface area (Å²) >= 11 is 0. The maximum absolute atomic E-state index is 12.0. The van der Waals surface area contributed by atoms with Crippen molar-refractivity contribution < 1.29 is 9.90 Å². The predicted molar refractivity (Wildman–Crippen MR) is 66.0 cm³/mol. The maximum Gasteiger partial charge on any atom is 0.229 e. The molecule has 3 nitrogen and oxygen atoms in total. The van der Waals surface area contributed by atoms with Crippen LogP contribution in [0.25, 0.3) is 0 Å². The third kappa shape index (κ3) is 1.49. The molecular weight excluding hydrogens is 214 g/mol. The van der Waals surface area contributed by atoms with Gasteiger partial charge in [0.05, 0.1) is 13.0 Å². The lowest BCUT2D eigenvalue weighted by Gasteiger charge is -2.38. The first-order valence-corrected chi connectivity index (χ1v) is 6.28. The van der Waals surface area contributed by atoms with Crippen LogP contribution in [0.5, 0.6) is 0 Å². The van der Waals surface area contributed by atoms with Gasteiger partial charge in [0, 0.05) is 17.6 Å². The van der Waals surface area contributed by atoms with Crippen LogP contribution in [-0.4, -0.2) is 24.2 Å². The third-order valence-electron chi connectivity index (χ3n) is 4.16. The van der Waals surface area contributed by atoms with E-state index in [0.29, 0.717) is 0 Å². The van der Waals surface area contributed by atoms with Gasteiger partial charge >= 0.3 is 0 Å². The van der Waals surface area contributed by atoms with Crippen molar-refractivity contribution in [1.82, 2.24) is 0 Å². The number of hydrogen-bond acceptors (Lipinski definition) is 2. The van der Waals surface area contributed by atoms with Gasteiger partial charge in [-0.25, -0.2) is 0 Å². The zero-order chi connectivity index (χ0) is 11.9. The topological polar surface area (TPSA) is 40.5 Å². The van der Waals surface area contributed by atoms with Crippen molar-refractivity contribution in [2.75, 3.05) is 18.1 Å². The zero-order valence-corrected chi connectivity index (χ0v) is 9.85. The summed E-state index contributed by atoms with van der Waals surface area (Å²) in [6.07, 6.45) is 3.86. The second-order valence-corrected chi connectivity index (χ2v) is 5.10. The summed E-state index contributed by atoms with van der Waals surface area (Å²) < 4.78 is 0. The summed E-state index contributed by atoms with van der Waals surface area (Å²) in [5, 5.41) is 8.90. The first-order valence-electron chi connectivity index (χ1n) is 6.28. The minimum atomic E-state index is -0.0650. The number of anilines is 1. The molecule has 1 heterocycles. The van der Waals surface area contributed by atoms with E-state index in [2.05, 4.69) is 12.1 Å². The van der Waals surface area contributed by atoms with Crippen LogP contribution in [0, 0.1) is 0 Å². The van der Waals surface area contributed by atoms with E-state index >= 15 is 0 Å². The fraction of sp³-hybridized carbons (Fsp3) is 0.500. The molecule has 1 aromatic carbocycles. The van der Waals surface area contributed by atoms with Crippen LogP contribution in [0.2, 0.25) is 0 Å². The molecule has 2 aliphatic rings. The van der Waals surface area contributed by atoms with Crippen molar-refractivity contribution in [3.63, 3.8) is 0 Å². The van der Waals surface area contributed by atoms with Crippen molar-refractivity contribution in [3.05, 3.63) is 29.8 Å². The Labute approximate surface area is 101 Å². The molecular formula is C14H17NO2. The van der Waals surface area contributed by atoms with Crippen molar-refractivity contribution in [3.8, 4) is 0 Å². The maximum atomic E-state index is 12.0. The van der Waals surface area contributed by atoms with Gasteiger partial charge in [0.2, 0.25) is 5.91 Å². The standard InChI is InChI=1S/C14H17NO2/c16-9-6-13(17)15-10-14(7-3-8-14)11-4-1-2-5-12(11)15/h1-2,4-5,16H,3,6-10H2. The Morgan fingerprint density at radius 3 is 2.76 bits per heavy atom. The van der Waals surface area contributed by atoms with Gasteiger partial charge in [0.1, 0.15) is 0 Å². The van der Waals surface area contributed by atoms with E-state index in [0.717, 1.165) is 12.2 Å². The van der Waals surface area contributed by atoms with Gasteiger partial charge in [-0.15, -0.1) is 0 Å². The van der Waals surface area contributed by atoms with E-state index in [-0.39, 0.29) is 24.3 Å². The number of fused-ring (bicyclic) bond motifs is 2. The number of carbonyl (C=O) groups is 1. The lowest BCUT2D eigenvalue weighted by Crippen LogP contribution is -2.41. The number of rotatable bonds is 2. The number of nitrogens with zero attached hydrogens (tertiary/aromatic N) is 1. The second-order valence-electron chi connectivity index (χ2n) is 5.10. The molecule has 0 saturated heterocycles. The van der Waals surface area contributed by atoms with Crippen molar-refractivity contribution in [1.29, 1.82) is 0 Å². The van der Waals surface area contributed by atoms with Crippen molar-refractivity contribution in [2.45, 2.75) is 31.1 Å². The number of carbonyl (C=O) groups excluding carboxylic acids is 1. The Morgan fingerprint density at radius 1 is 1.35 bits per heavy atom. The molecule has 17 heavy (non-hydrogen) atoms. The number of aliphatic hydroxyl groups is 1. The summed E-state index contributed by atoms with van der Waals surface area (Å²) in [7, 11) is 0. The molecule has 1 amide bonds. The molecule has 1 aliphatic heterocycles. The molecule has 1 fully saturated rings. The number of para-hydroxylation sites is 1. The quantitative estimate of drug-likeness (QED) is 0.843. The second kappa shape index (κ2) is 3.84. The monoisotopic (exact) mass is 231 g/mol. The summed E-state index contributed by atoms with van der Waals surface area (Å²) in [5.74, 6) is 0.0451. The smallest absolute Gasteiger partial charge is 0.229 e. The van der Waals surface area contributed by atoms with E-state index in [1.54, 1.807) is 0 Å².